The van der Waals surface area contributed by atoms with Crippen molar-refractivity contribution >= 4 is 5.82 Å². The Kier molecular flexibility index (Phi) is 3.39. The number of aromatic nitrogens is 1. The van der Waals surface area contributed by atoms with Gasteiger partial charge in [0.15, 0.2) is 0 Å². The Morgan fingerprint density at radius 3 is 3.05 bits per heavy atom. The van der Waals surface area contributed by atoms with Gasteiger partial charge >= 0.3 is 0 Å². The van der Waals surface area contributed by atoms with Crippen LogP contribution in [0, 0.1) is 17.2 Å². The third-order valence-electron chi connectivity index (χ3n) is 4.41. The molecule has 2 unspecified atom stereocenters. The minimum Gasteiger partial charge on any atom is -0.353 e. The van der Waals surface area contributed by atoms with E-state index in [1.54, 1.807) is 6.07 Å². The summed E-state index contributed by atoms with van der Waals surface area (Å²) < 4.78 is 0. The van der Waals surface area contributed by atoms with Gasteiger partial charge in [0.25, 0.3) is 0 Å². The van der Waals surface area contributed by atoms with Crippen LogP contribution in [-0.2, 0) is 0 Å². The Hall–Kier alpha value is -1.60. The Labute approximate surface area is 114 Å². The molecule has 2 fully saturated rings. The first-order chi connectivity index (χ1) is 9.28. The lowest BCUT2D eigenvalue weighted by atomic mass is 9.84. The van der Waals surface area contributed by atoms with Crippen LogP contribution in [0.2, 0.25) is 0 Å². The van der Waals surface area contributed by atoms with Crippen molar-refractivity contribution in [3.63, 3.8) is 0 Å². The van der Waals surface area contributed by atoms with Gasteiger partial charge in [-0.1, -0.05) is 6.07 Å². The average Bonchev–Trinajstić information content (AvgIpc) is 2.46. The highest BCUT2D eigenvalue weighted by atomic mass is 15.2. The van der Waals surface area contributed by atoms with E-state index in [-0.39, 0.29) is 0 Å². The fourth-order valence-corrected chi connectivity index (χ4v) is 3.52. The summed E-state index contributed by atoms with van der Waals surface area (Å²) in [7, 11) is 2.21. The van der Waals surface area contributed by atoms with E-state index in [1.165, 1.54) is 25.8 Å². The van der Waals surface area contributed by atoms with E-state index in [1.807, 2.05) is 12.1 Å². The molecule has 0 amide bonds. The molecule has 100 valence electrons. The zero-order valence-corrected chi connectivity index (χ0v) is 11.4. The molecule has 2 atom stereocenters. The van der Waals surface area contributed by atoms with Gasteiger partial charge in [0.2, 0.25) is 0 Å². The fourth-order valence-electron chi connectivity index (χ4n) is 3.52. The number of likely N-dealkylation sites (tertiary alicyclic amines) is 1. The van der Waals surface area contributed by atoms with Gasteiger partial charge in [0, 0.05) is 19.1 Å². The van der Waals surface area contributed by atoms with Crippen LogP contribution in [-0.4, -0.2) is 42.6 Å². The Morgan fingerprint density at radius 2 is 2.21 bits per heavy atom. The minimum atomic E-state index is 0.521. The molecule has 4 nitrogen and oxygen atoms in total. The molecule has 3 heterocycles. The number of rotatable bonds is 1. The standard InChI is InChI=1S/C15H20N4/c1-18-9-7-14-12(11-18)4-3-8-19(14)15-6-2-5-13(10-16)17-15/h2,5-6,12,14H,3-4,7-9,11H2,1H3. The summed E-state index contributed by atoms with van der Waals surface area (Å²) in [5.41, 5.74) is 0.521. The maximum Gasteiger partial charge on any atom is 0.142 e. The van der Waals surface area contributed by atoms with Gasteiger partial charge in [-0.05, 0) is 50.9 Å². The van der Waals surface area contributed by atoms with E-state index in [9.17, 15) is 0 Å². The van der Waals surface area contributed by atoms with Gasteiger partial charge in [-0.15, -0.1) is 0 Å². The number of anilines is 1. The van der Waals surface area contributed by atoms with Crippen LogP contribution in [0.25, 0.3) is 0 Å². The fraction of sp³-hybridized carbons (Fsp3) is 0.600. The smallest absolute Gasteiger partial charge is 0.142 e. The molecule has 0 aliphatic carbocycles. The number of nitrogens with zero attached hydrogens (tertiary/aromatic N) is 4. The molecular weight excluding hydrogens is 236 g/mol. The molecule has 2 aliphatic heterocycles. The van der Waals surface area contributed by atoms with E-state index >= 15 is 0 Å². The van der Waals surface area contributed by atoms with E-state index in [4.69, 9.17) is 5.26 Å². The Bertz CT molecular complexity index is 493. The van der Waals surface area contributed by atoms with Gasteiger partial charge < -0.3 is 9.80 Å². The molecule has 2 saturated heterocycles. The van der Waals surface area contributed by atoms with Crippen LogP contribution in [0.15, 0.2) is 18.2 Å². The molecule has 1 aromatic heterocycles. The normalized spacial score (nSPS) is 27.7. The van der Waals surface area contributed by atoms with Gasteiger partial charge in [-0.2, -0.15) is 5.26 Å². The van der Waals surface area contributed by atoms with Crippen molar-refractivity contribution in [3.05, 3.63) is 23.9 Å². The third kappa shape index (κ3) is 2.43. The van der Waals surface area contributed by atoms with Crippen LogP contribution in [0.5, 0.6) is 0 Å². The molecule has 0 spiro atoms. The maximum atomic E-state index is 8.99. The zero-order chi connectivity index (χ0) is 13.2. The second-order valence-electron chi connectivity index (χ2n) is 5.71. The number of hydrogen-bond acceptors (Lipinski definition) is 4. The molecule has 0 bridgehead atoms. The van der Waals surface area contributed by atoms with E-state index < -0.39 is 0 Å². The highest BCUT2D eigenvalue weighted by Gasteiger charge is 2.35. The Balaban J connectivity index is 1.85. The second-order valence-corrected chi connectivity index (χ2v) is 5.71. The third-order valence-corrected chi connectivity index (χ3v) is 4.41. The van der Waals surface area contributed by atoms with Crippen molar-refractivity contribution in [2.24, 2.45) is 5.92 Å². The van der Waals surface area contributed by atoms with Crippen molar-refractivity contribution in [1.82, 2.24) is 9.88 Å². The first kappa shape index (κ1) is 12.4. The number of piperidine rings is 2. The first-order valence-corrected chi connectivity index (χ1v) is 7.10. The van der Waals surface area contributed by atoms with Crippen LogP contribution >= 0.6 is 0 Å². The highest BCUT2D eigenvalue weighted by molar-refractivity contribution is 5.43. The predicted octanol–water partition coefficient (Wildman–Crippen LogP) is 1.87. The molecule has 3 rings (SSSR count). The Morgan fingerprint density at radius 1 is 1.32 bits per heavy atom. The van der Waals surface area contributed by atoms with Gasteiger partial charge in [0.1, 0.15) is 17.6 Å². The van der Waals surface area contributed by atoms with Crippen LogP contribution in [0.4, 0.5) is 5.82 Å². The number of hydrogen-bond donors (Lipinski definition) is 0. The van der Waals surface area contributed by atoms with Crippen molar-refractivity contribution in [3.8, 4) is 6.07 Å². The van der Waals surface area contributed by atoms with Crippen LogP contribution in [0.3, 0.4) is 0 Å². The van der Waals surface area contributed by atoms with Crippen molar-refractivity contribution < 1.29 is 0 Å². The molecule has 0 aromatic carbocycles. The maximum absolute atomic E-state index is 8.99. The summed E-state index contributed by atoms with van der Waals surface area (Å²) in [5, 5.41) is 8.99. The topological polar surface area (TPSA) is 43.2 Å². The number of fused-ring (bicyclic) bond motifs is 1. The zero-order valence-electron chi connectivity index (χ0n) is 11.4. The second kappa shape index (κ2) is 5.18. The lowest BCUT2D eigenvalue weighted by Gasteiger charge is -2.47. The highest BCUT2D eigenvalue weighted by Crippen LogP contribution is 2.32. The van der Waals surface area contributed by atoms with E-state index in [2.05, 4.69) is 27.9 Å². The van der Waals surface area contributed by atoms with Crippen molar-refractivity contribution in [2.45, 2.75) is 25.3 Å². The molecule has 0 saturated carbocycles. The van der Waals surface area contributed by atoms with E-state index in [0.717, 1.165) is 24.8 Å². The summed E-state index contributed by atoms with van der Waals surface area (Å²) in [6.07, 6.45) is 3.76. The van der Waals surface area contributed by atoms with E-state index in [0.29, 0.717) is 11.7 Å². The molecule has 4 heteroatoms. The predicted molar refractivity (Wildman–Crippen MR) is 74.9 cm³/mol. The van der Waals surface area contributed by atoms with Gasteiger partial charge in [-0.3, -0.25) is 0 Å². The summed E-state index contributed by atoms with van der Waals surface area (Å²) in [6, 6.07) is 8.51. The van der Waals surface area contributed by atoms with Crippen LogP contribution in [0.1, 0.15) is 25.0 Å². The molecular formula is C15H20N4. The minimum absolute atomic E-state index is 0.521. The molecule has 1 aromatic rings. The molecule has 19 heavy (non-hydrogen) atoms. The molecule has 2 aliphatic rings. The monoisotopic (exact) mass is 256 g/mol. The van der Waals surface area contributed by atoms with Crippen molar-refractivity contribution in [2.75, 3.05) is 31.6 Å². The lowest BCUT2D eigenvalue weighted by molar-refractivity contribution is 0.154. The molecule has 0 radical (unpaired) electrons. The van der Waals surface area contributed by atoms with Gasteiger partial charge in [0.05, 0.1) is 0 Å². The number of nitriles is 1. The quantitative estimate of drug-likeness (QED) is 0.769. The number of pyridine rings is 1. The van der Waals surface area contributed by atoms with Gasteiger partial charge in [-0.25, -0.2) is 4.98 Å². The lowest BCUT2D eigenvalue weighted by Crippen LogP contribution is -2.53. The molecule has 0 N–H and O–H groups in total. The van der Waals surface area contributed by atoms with Crippen LogP contribution < -0.4 is 4.90 Å². The SMILES string of the molecule is CN1CCC2C(CCCN2c2cccc(C#N)n2)C1. The van der Waals surface area contributed by atoms with Crippen molar-refractivity contribution in [1.29, 1.82) is 5.26 Å². The largest absolute Gasteiger partial charge is 0.353 e. The first-order valence-electron chi connectivity index (χ1n) is 7.10. The summed E-state index contributed by atoms with van der Waals surface area (Å²) in [5.74, 6) is 1.73. The summed E-state index contributed by atoms with van der Waals surface area (Å²) in [4.78, 5) is 9.34. The summed E-state index contributed by atoms with van der Waals surface area (Å²) >= 11 is 0. The average molecular weight is 256 g/mol. The summed E-state index contributed by atoms with van der Waals surface area (Å²) in [6.45, 7) is 3.43.